The van der Waals surface area contributed by atoms with Crippen molar-refractivity contribution in [3.8, 4) is 0 Å². The van der Waals surface area contributed by atoms with E-state index in [2.05, 4.69) is 17.1 Å². The Morgan fingerprint density at radius 3 is 2.96 bits per heavy atom. The summed E-state index contributed by atoms with van der Waals surface area (Å²) in [6.07, 6.45) is 12.8. The lowest BCUT2D eigenvalue weighted by Gasteiger charge is -2.41. The van der Waals surface area contributed by atoms with Gasteiger partial charge in [-0.25, -0.2) is 9.18 Å². The molecule has 4 rings (SSSR count). The zero-order valence-electron chi connectivity index (χ0n) is 14.9. The zero-order valence-corrected chi connectivity index (χ0v) is 14.9. The van der Waals surface area contributed by atoms with Gasteiger partial charge in [-0.15, -0.1) is 0 Å². The van der Waals surface area contributed by atoms with Crippen molar-refractivity contribution >= 4 is 6.09 Å². The predicted octanol–water partition coefficient (Wildman–Crippen LogP) is 4.01. The van der Waals surface area contributed by atoms with Crippen LogP contribution < -0.4 is 0 Å². The number of hydrogen-bond donors (Lipinski definition) is 0. The Balaban J connectivity index is 1.43. The van der Waals surface area contributed by atoms with E-state index in [1.165, 1.54) is 12.8 Å². The first-order chi connectivity index (χ1) is 12.2. The second kappa shape index (κ2) is 6.85. The summed E-state index contributed by atoms with van der Waals surface area (Å²) in [4.78, 5) is 15.9. The van der Waals surface area contributed by atoms with Gasteiger partial charge >= 0.3 is 6.09 Å². The number of halogens is 1. The summed E-state index contributed by atoms with van der Waals surface area (Å²) in [5.74, 6) is 1.12. The summed E-state index contributed by atoms with van der Waals surface area (Å²) in [5, 5.41) is 0. The SMILES string of the molecule is CC[C@H]1CN(C2C=C(F)C(N3CCC4CCC=CC4C3)=CC2)C(=O)O1. The van der Waals surface area contributed by atoms with Crippen LogP contribution in [0.2, 0.25) is 0 Å². The smallest absolute Gasteiger partial charge is 0.410 e. The first kappa shape index (κ1) is 16.7. The summed E-state index contributed by atoms with van der Waals surface area (Å²) < 4.78 is 20.1. The minimum absolute atomic E-state index is 0.0635. The number of allylic oxidation sites excluding steroid dienone is 2. The topological polar surface area (TPSA) is 32.8 Å². The van der Waals surface area contributed by atoms with Crippen molar-refractivity contribution in [1.29, 1.82) is 0 Å². The molecule has 2 fully saturated rings. The minimum Gasteiger partial charge on any atom is -0.444 e. The molecule has 1 amide bonds. The van der Waals surface area contributed by atoms with E-state index in [9.17, 15) is 9.18 Å². The average Bonchev–Trinajstić information content (AvgIpc) is 3.02. The predicted molar refractivity (Wildman–Crippen MR) is 94.5 cm³/mol. The van der Waals surface area contributed by atoms with Crippen LogP contribution in [0.4, 0.5) is 9.18 Å². The van der Waals surface area contributed by atoms with Crippen molar-refractivity contribution < 1.29 is 13.9 Å². The van der Waals surface area contributed by atoms with E-state index in [-0.39, 0.29) is 24.1 Å². The second-order valence-corrected chi connectivity index (χ2v) is 7.64. The third kappa shape index (κ3) is 3.21. The first-order valence-electron chi connectivity index (χ1n) is 9.62. The normalized spacial score (nSPS) is 35.2. The third-order valence-corrected chi connectivity index (χ3v) is 6.13. The van der Waals surface area contributed by atoms with Gasteiger partial charge in [-0.05, 0) is 50.0 Å². The van der Waals surface area contributed by atoms with E-state index >= 15 is 0 Å². The zero-order chi connectivity index (χ0) is 17.4. The van der Waals surface area contributed by atoms with Crippen LogP contribution in [0.15, 0.2) is 35.8 Å². The van der Waals surface area contributed by atoms with E-state index in [0.29, 0.717) is 24.6 Å². The Morgan fingerprint density at radius 2 is 2.20 bits per heavy atom. The highest BCUT2D eigenvalue weighted by molar-refractivity contribution is 5.70. The number of carbonyl (C=O) groups excluding carboxylic acids is 1. The number of likely N-dealkylation sites (tertiary alicyclic amines) is 1. The van der Waals surface area contributed by atoms with Crippen molar-refractivity contribution in [3.05, 3.63) is 35.8 Å². The van der Waals surface area contributed by atoms with Crippen molar-refractivity contribution in [2.75, 3.05) is 19.6 Å². The highest BCUT2D eigenvalue weighted by atomic mass is 19.1. The maximum atomic E-state index is 14.8. The quantitative estimate of drug-likeness (QED) is 0.724. The Morgan fingerprint density at radius 1 is 1.32 bits per heavy atom. The lowest BCUT2D eigenvalue weighted by molar-refractivity contribution is 0.128. The number of carbonyl (C=O) groups is 1. The molecule has 136 valence electrons. The lowest BCUT2D eigenvalue weighted by atomic mass is 9.78. The van der Waals surface area contributed by atoms with E-state index in [4.69, 9.17) is 4.74 Å². The Labute approximate surface area is 149 Å². The molecule has 0 N–H and O–H groups in total. The summed E-state index contributed by atoms with van der Waals surface area (Å²) >= 11 is 0. The number of rotatable bonds is 3. The average molecular weight is 346 g/mol. The molecule has 0 spiro atoms. The van der Waals surface area contributed by atoms with Crippen molar-refractivity contribution in [2.24, 2.45) is 11.8 Å². The highest BCUT2D eigenvalue weighted by Gasteiger charge is 2.37. The van der Waals surface area contributed by atoms with Gasteiger partial charge in [0.1, 0.15) is 11.9 Å². The molecule has 2 aliphatic heterocycles. The van der Waals surface area contributed by atoms with Crippen LogP contribution in [0.25, 0.3) is 0 Å². The van der Waals surface area contributed by atoms with E-state index in [1.54, 1.807) is 11.0 Å². The number of cyclic esters (lactones) is 1. The molecule has 2 heterocycles. The molecule has 0 radical (unpaired) electrons. The molecule has 4 nitrogen and oxygen atoms in total. The van der Waals surface area contributed by atoms with Gasteiger partial charge in [0.15, 0.2) is 0 Å². The fourth-order valence-corrected chi connectivity index (χ4v) is 4.58. The first-order valence-corrected chi connectivity index (χ1v) is 9.62. The molecule has 0 bridgehead atoms. The number of nitrogens with zero attached hydrogens (tertiary/aromatic N) is 2. The van der Waals surface area contributed by atoms with Crippen molar-refractivity contribution in [2.45, 2.75) is 51.2 Å². The van der Waals surface area contributed by atoms with E-state index in [1.807, 2.05) is 13.0 Å². The fraction of sp³-hybridized carbons (Fsp3) is 0.650. The van der Waals surface area contributed by atoms with Gasteiger partial charge in [0.25, 0.3) is 0 Å². The van der Waals surface area contributed by atoms with Crippen LogP contribution in [0.1, 0.15) is 39.0 Å². The summed E-state index contributed by atoms with van der Waals surface area (Å²) in [6, 6.07) is -0.222. The van der Waals surface area contributed by atoms with Crippen LogP contribution in [0.3, 0.4) is 0 Å². The van der Waals surface area contributed by atoms with Gasteiger partial charge in [-0.1, -0.05) is 25.2 Å². The van der Waals surface area contributed by atoms with Gasteiger partial charge < -0.3 is 9.64 Å². The molecule has 5 heteroatoms. The van der Waals surface area contributed by atoms with Crippen LogP contribution in [0.5, 0.6) is 0 Å². The number of ether oxygens (including phenoxy) is 1. The number of hydrogen-bond acceptors (Lipinski definition) is 3. The second-order valence-electron chi connectivity index (χ2n) is 7.64. The lowest BCUT2D eigenvalue weighted by Crippen LogP contribution is -2.42. The molecular weight excluding hydrogens is 319 g/mol. The largest absolute Gasteiger partial charge is 0.444 e. The molecule has 4 atom stereocenters. The maximum Gasteiger partial charge on any atom is 0.410 e. The van der Waals surface area contributed by atoms with Gasteiger partial charge in [-0.3, -0.25) is 4.90 Å². The van der Waals surface area contributed by atoms with Crippen LogP contribution in [-0.2, 0) is 4.74 Å². The number of amides is 1. The number of piperidine rings is 1. The highest BCUT2D eigenvalue weighted by Crippen LogP contribution is 2.36. The Hall–Kier alpha value is -1.78. The van der Waals surface area contributed by atoms with Crippen molar-refractivity contribution in [3.63, 3.8) is 0 Å². The van der Waals surface area contributed by atoms with E-state index < -0.39 is 0 Å². The van der Waals surface area contributed by atoms with Gasteiger partial charge in [0.05, 0.1) is 18.3 Å². The minimum atomic E-state index is -0.314. The summed E-state index contributed by atoms with van der Waals surface area (Å²) in [7, 11) is 0. The molecule has 0 aromatic carbocycles. The monoisotopic (exact) mass is 346 g/mol. The Bertz CT molecular complexity index is 627. The van der Waals surface area contributed by atoms with Crippen LogP contribution in [0, 0.1) is 11.8 Å². The molecule has 25 heavy (non-hydrogen) atoms. The van der Waals surface area contributed by atoms with E-state index in [0.717, 1.165) is 31.8 Å². The molecule has 0 aromatic heterocycles. The van der Waals surface area contributed by atoms with Gasteiger partial charge in [0, 0.05) is 13.1 Å². The molecule has 0 aromatic rings. The molecule has 3 unspecified atom stereocenters. The fourth-order valence-electron chi connectivity index (χ4n) is 4.58. The maximum absolute atomic E-state index is 14.8. The van der Waals surface area contributed by atoms with Gasteiger partial charge in [-0.2, -0.15) is 0 Å². The standard InChI is InChI=1S/C20H27FN2O2/c1-2-17-13-23(20(24)25-17)16-7-8-19(18(21)11-16)22-10-9-14-5-3-4-6-15(14)12-22/h4,6,8,11,14-17H,2-3,5,7,9-10,12-13H2,1H3/t14?,15?,16?,17-/m0/s1. The van der Waals surface area contributed by atoms with Crippen LogP contribution >= 0.6 is 0 Å². The van der Waals surface area contributed by atoms with Crippen LogP contribution in [-0.4, -0.2) is 47.7 Å². The Kier molecular flexibility index (Phi) is 4.57. The molecule has 2 aliphatic carbocycles. The molecular formula is C20H27FN2O2. The summed E-state index contributed by atoms with van der Waals surface area (Å²) in [5.41, 5.74) is 0.716. The third-order valence-electron chi connectivity index (χ3n) is 6.13. The molecule has 4 aliphatic rings. The molecule has 0 saturated carbocycles. The number of fused-ring (bicyclic) bond motifs is 1. The van der Waals surface area contributed by atoms with Gasteiger partial charge in [0.2, 0.25) is 0 Å². The summed E-state index contributed by atoms with van der Waals surface area (Å²) in [6.45, 7) is 4.39. The van der Waals surface area contributed by atoms with Crippen molar-refractivity contribution in [1.82, 2.24) is 9.80 Å². The molecule has 2 saturated heterocycles.